The molecular weight excluding hydrogens is 491 g/mol. The van der Waals surface area contributed by atoms with Gasteiger partial charge in [0.15, 0.2) is 5.96 Å². The number of halogens is 1. The smallest absolute Gasteiger partial charge is 0.191 e. The van der Waals surface area contributed by atoms with Gasteiger partial charge in [-0.05, 0) is 62.9 Å². The van der Waals surface area contributed by atoms with Gasteiger partial charge in [0.2, 0.25) is 0 Å². The van der Waals surface area contributed by atoms with E-state index >= 15 is 0 Å². The Kier molecular flexibility index (Phi) is 13.1. The van der Waals surface area contributed by atoms with Gasteiger partial charge in [0.1, 0.15) is 12.4 Å². The van der Waals surface area contributed by atoms with Gasteiger partial charge < -0.3 is 20.1 Å². The molecule has 0 spiro atoms. The molecule has 2 aromatic rings. The van der Waals surface area contributed by atoms with E-state index in [-0.39, 0.29) is 24.0 Å². The van der Waals surface area contributed by atoms with Crippen molar-refractivity contribution < 1.29 is 9.47 Å². The topological polar surface area (TPSA) is 67.8 Å². The Labute approximate surface area is 197 Å². The van der Waals surface area contributed by atoms with Gasteiger partial charge in [-0.1, -0.05) is 12.1 Å². The van der Waals surface area contributed by atoms with Crippen LogP contribution in [0.5, 0.6) is 5.75 Å². The first-order valence-electron chi connectivity index (χ1n) is 10.4. The molecule has 7 heteroatoms. The third-order valence-corrected chi connectivity index (χ3v) is 4.49. The average Bonchev–Trinajstić information content (AvgIpc) is 2.72. The fourth-order valence-corrected chi connectivity index (χ4v) is 2.89. The summed E-state index contributed by atoms with van der Waals surface area (Å²) in [6.07, 6.45) is 4.67. The molecule has 0 aliphatic rings. The van der Waals surface area contributed by atoms with Crippen LogP contribution in [-0.2, 0) is 17.7 Å². The largest absolute Gasteiger partial charge is 0.491 e. The summed E-state index contributed by atoms with van der Waals surface area (Å²) in [5.41, 5.74) is 4.74. The van der Waals surface area contributed by atoms with E-state index in [0.29, 0.717) is 26.4 Å². The maximum Gasteiger partial charge on any atom is 0.191 e. The van der Waals surface area contributed by atoms with Crippen LogP contribution in [0, 0.1) is 13.8 Å². The van der Waals surface area contributed by atoms with Gasteiger partial charge >= 0.3 is 0 Å². The molecule has 0 saturated heterocycles. The van der Waals surface area contributed by atoms with E-state index in [0.717, 1.165) is 36.8 Å². The molecule has 0 aliphatic heterocycles. The van der Waals surface area contributed by atoms with Crippen molar-refractivity contribution in [3.8, 4) is 5.75 Å². The molecule has 0 unspecified atom stereocenters. The van der Waals surface area contributed by atoms with Crippen molar-refractivity contribution in [3.63, 3.8) is 0 Å². The SMILES string of the molecule is CCNC(=NCc1ccc(C)cc1OCCOCC)NCCc1ccncc1C.I. The van der Waals surface area contributed by atoms with Gasteiger partial charge in [0.25, 0.3) is 0 Å². The van der Waals surface area contributed by atoms with Crippen LogP contribution in [0.15, 0.2) is 41.7 Å². The molecule has 0 aliphatic carbocycles. The number of aryl methyl sites for hydroxylation is 2. The predicted molar refractivity (Wildman–Crippen MR) is 134 cm³/mol. The zero-order chi connectivity index (χ0) is 20.9. The maximum absolute atomic E-state index is 5.92. The number of hydrogen-bond acceptors (Lipinski definition) is 4. The molecule has 2 N–H and O–H groups in total. The minimum Gasteiger partial charge on any atom is -0.491 e. The normalized spacial score (nSPS) is 11.0. The Bertz CT molecular complexity index is 784. The van der Waals surface area contributed by atoms with Crippen LogP contribution in [0.1, 0.15) is 36.1 Å². The number of rotatable bonds is 11. The molecule has 1 heterocycles. The van der Waals surface area contributed by atoms with Gasteiger partial charge in [-0.25, -0.2) is 4.99 Å². The molecule has 1 aromatic heterocycles. The lowest BCUT2D eigenvalue weighted by Gasteiger charge is -2.14. The number of pyridine rings is 1. The van der Waals surface area contributed by atoms with Crippen LogP contribution in [0.25, 0.3) is 0 Å². The van der Waals surface area contributed by atoms with Crippen molar-refractivity contribution in [1.29, 1.82) is 0 Å². The molecule has 0 bridgehead atoms. The summed E-state index contributed by atoms with van der Waals surface area (Å²) in [6, 6.07) is 8.30. The molecule has 1 aromatic carbocycles. The molecule has 0 amide bonds. The molecular formula is C23H35IN4O2. The van der Waals surface area contributed by atoms with Crippen molar-refractivity contribution in [2.75, 3.05) is 32.9 Å². The van der Waals surface area contributed by atoms with Crippen molar-refractivity contribution in [1.82, 2.24) is 15.6 Å². The second kappa shape index (κ2) is 15.0. The summed E-state index contributed by atoms with van der Waals surface area (Å²) in [5, 5.41) is 6.73. The van der Waals surface area contributed by atoms with Crippen LogP contribution < -0.4 is 15.4 Å². The molecule has 0 atom stereocenters. The molecule has 30 heavy (non-hydrogen) atoms. The zero-order valence-electron chi connectivity index (χ0n) is 18.5. The summed E-state index contributed by atoms with van der Waals surface area (Å²) in [4.78, 5) is 8.89. The van der Waals surface area contributed by atoms with Gasteiger partial charge in [-0.15, -0.1) is 24.0 Å². The zero-order valence-corrected chi connectivity index (χ0v) is 20.9. The van der Waals surface area contributed by atoms with Crippen LogP contribution in [0.3, 0.4) is 0 Å². The number of nitrogens with one attached hydrogen (secondary N) is 2. The Hall–Kier alpha value is -1.87. The molecule has 166 valence electrons. The summed E-state index contributed by atoms with van der Waals surface area (Å²) in [7, 11) is 0. The minimum absolute atomic E-state index is 0. The van der Waals surface area contributed by atoms with Gasteiger partial charge in [0, 0.05) is 37.7 Å². The highest BCUT2D eigenvalue weighted by atomic mass is 127. The lowest BCUT2D eigenvalue weighted by atomic mass is 10.1. The second-order valence-electron chi connectivity index (χ2n) is 6.83. The average molecular weight is 526 g/mol. The van der Waals surface area contributed by atoms with Crippen molar-refractivity contribution in [2.45, 2.75) is 40.7 Å². The first-order valence-corrected chi connectivity index (χ1v) is 10.4. The van der Waals surface area contributed by atoms with Crippen LogP contribution >= 0.6 is 24.0 Å². The highest BCUT2D eigenvalue weighted by Gasteiger charge is 2.06. The lowest BCUT2D eigenvalue weighted by molar-refractivity contribution is 0.110. The van der Waals surface area contributed by atoms with E-state index in [4.69, 9.17) is 14.5 Å². The van der Waals surface area contributed by atoms with Gasteiger partial charge in [0.05, 0.1) is 13.2 Å². The number of aromatic nitrogens is 1. The highest BCUT2D eigenvalue weighted by Crippen LogP contribution is 2.21. The lowest BCUT2D eigenvalue weighted by Crippen LogP contribution is -2.38. The number of nitrogens with zero attached hydrogens (tertiary/aromatic N) is 2. The van der Waals surface area contributed by atoms with Crippen molar-refractivity contribution in [2.24, 2.45) is 4.99 Å². The van der Waals surface area contributed by atoms with Crippen LogP contribution in [-0.4, -0.2) is 43.9 Å². The van der Waals surface area contributed by atoms with E-state index < -0.39 is 0 Å². The predicted octanol–water partition coefficient (Wildman–Crippen LogP) is 4.03. The van der Waals surface area contributed by atoms with Crippen LogP contribution in [0.2, 0.25) is 0 Å². The Morgan fingerprint density at radius 2 is 1.90 bits per heavy atom. The van der Waals surface area contributed by atoms with E-state index in [2.05, 4.69) is 60.7 Å². The first kappa shape index (κ1) is 26.2. The van der Waals surface area contributed by atoms with E-state index in [1.165, 1.54) is 16.7 Å². The fraction of sp³-hybridized carbons (Fsp3) is 0.478. The molecule has 6 nitrogen and oxygen atoms in total. The fourth-order valence-electron chi connectivity index (χ4n) is 2.89. The second-order valence-corrected chi connectivity index (χ2v) is 6.83. The van der Waals surface area contributed by atoms with E-state index in [1.54, 1.807) is 0 Å². The monoisotopic (exact) mass is 526 g/mol. The number of guanidine groups is 1. The quantitative estimate of drug-likeness (QED) is 0.200. The number of benzene rings is 1. The van der Waals surface area contributed by atoms with Gasteiger partial charge in [-0.2, -0.15) is 0 Å². The summed E-state index contributed by atoms with van der Waals surface area (Å²) in [6.45, 7) is 12.2. The molecule has 0 radical (unpaired) electrons. The molecule has 0 fully saturated rings. The Morgan fingerprint density at radius 1 is 1.07 bits per heavy atom. The number of aliphatic imine (C=N–C) groups is 1. The van der Waals surface area contributed by atoms with E-state index in [9.17, 15) is 0 Å². The third-order valence-electron chi connectivity index (χ3n) is 4.49. The summed E-state index contributed by atoms with van der Waals surface area (Å²) < 4.78 is 11.3. The highest BCUT2D eigenvalue weighted by molar-refractivity contribution is 14.0. The van der Waals surface area contributed by atoms with E-state index in [1.807, 2.05) is 19.3 Å². The first-order chi connectivity index (χ1) is 14.1. The Balaban J connectivity index is 0.00000450. The standard InChI is InChI=1S/C23H34N4O2.HI/c1-5-25-23(26-12-10-20-9-11-24-16-19(20)4)27-17-21-8-7-18(3)15-22(21)29-14-13-28-6-2;/h7-9,11,15-16H,5-6,10,12-14,17H2,1-4H3,(H2,25,26,27);1H. The number of hydrogen-bond donors (Lipinski definition) is 2. The minimum atomic E-state index is 0. The summed E-state index contributed by atoms with van der Waals surface area (Å²) in [5.74, 6) is 1.68. The van der Waals surface area contributed by atoms with Crippen molar-refractivity contribution >= 4 is 29.9 Å². The molecule has 2 rings (SSSR count). The third kappa shape index (κ3) is 9.30. The number of ether oxygens (including phenoxy) is 2. The van der Waals surface area contributed by atoms with Crippen LogP contribution in [0.4, 0.5) is 0 Å². The van der Waals surface area contributed by atoms with Gasteiger partial charge in [-0.3, -0.25) is 4.98 Å². The maximum atomic E-state index is 5.92. The van der Waals surface area contributed by atoms with Crippen molar-refractivity contribution in [3.05, 3.63) is 58.9 Å². The molecule has 0 saturated carbocycles. The Morgan fingerprint density at radius 3 is 2.63 bits per heavy atom. The summed E-state index contributed by atoms with van der Waals surface area (Å²) >= 11 is 0.